The van der Waals surface area contributed by atoms with Crippen LogP contribution in [0.3, 0.4) is 0 Å². The second-order valence-electron chi connectivity index (χ2n) is 5.75. The highest BCUT2D eigenvalue weighted by atomic mass is 16.5. The molecule has 0 aliphatic rings. The molecule has 6 nitrogen and oxygen atoms in total. The second kappa shape index (κ2) is 8.79. The number of hydrogen-bond donors (Lipinski definition) is 1. The Morgan fingerprint density at radius 1 is 1.14 bits per heavy atom. The normalized spacial score (nSPS) is 12.8. The highest BCUT2D eigenvalue weighted by Gasteiger charge is 2.16. The lowest BCUT2D eigenvalue weighted by Gasteiger charge is -2.26. The maximum atomic E-state index is 5.28. The van der Waals surface area contributed by atoms with Crippen molar-refractivity contribution in [3.8, 4) is 11.8 Å². The third-order valence-corrected chi connectivity index (χ3v) is 3.41. The van der Waals surface area contributed by atoms with E-state index in [0.717, 1.165) is 18.5 Å². The zero-order chi connectivity index (χ0) is 15.8. The largest absolute Gasteiger partial charge is 0.481 e. The van der Waals surface area contributed by atoms with Crippen LogP contribution in [0.5, 0.6) is 11.8 Å². The lowest BCUT2D eigenvalue weighted by atomic mass is 10.0. The van der Waals surface area contributed by atoms with Gasteiger partial charge in [0.25, 0.3) is 0 Å². The molecular weight excluding hydrogens is 268 g/mol. The summed E-state index contributed by atoms with van der Waals surface area (Å²) < 4.78 is 10.6. The van der Waals surface area contributed by atoms with Crippen molar-refractivity contribution in [2.75, 3.05) is 34.9 Å². The predicted octanol–water partition coefficient (Wildman–Crippen LogP) is 1.56. The third-order valence-electron chi connectivity index (χ3n) is 3.41. The minimum atomic E-state index is 0.492. The molecule has 1 aromatic rings. The summed E-state index contributed by atoms with van der Waals surface area (Å²) in [6.07, 6.45) is 2.60. The van der Waals surface area contributed by atoms with E-state index < -0.39 is 0 Å². The minimum Gasteiger partial charge on any atom is -0.481 e. The number of aromatic nitrogens is 2. The van der Waals surface area contributed by atoms with E-state index in [1.807, 2.05) is 0 Å². The van der Waals surface area contributed by atoms with Crippen LogP contribution in [0.15, 0.2) is 6.33 Å². The van der Waals surface area contributed by atoms with Crippen LogP contribution in [0.2, 0.25) is 0 Å². The van der Waals surface area contributed by atoms with Gasteiger partial charge in [-0.05, 0) is 26.4 Å². The fourth-order valence-corrected chi connectivity index (χ4v) is 2.27. The molecule has 0 radical (unpaired) electrons. The Morgan fingerprint density at radius 2 is 1.71 bits per heavy atom. The third kappa shape index (κ3) is 5.47. The maximum Gasteiger partial charge on any atom is 0.224 e. The molecule has 6 heteroatoms. The highest BCUT2D eigenvalue weighted by molar-refractivity contribution is 5.34. The van der Waals surface area contributed by atoms with Crippen LogP contribution in [-0.2, 0) is 6.54 Å². The first-order valence-electron chi connectivity index (χ1n) is 7.28. The van der Waals surface area contributed by atoms with E-state index in [1.54, 1.807) is 14.2 Å². The van der Waals surface area contributed by atoms with Crippen LogP contribution in [0.1, 0.15) is 25.8 Å². The monoisotopic (exact) mass is 296 g/mol. The quantitative estimate of drug-likeness (QED) is 0.746. The average molecular weight is 296 g/mol. The van der Waals surface area contributed by atoms with Crippen LogP contribution in [0, 0.1) is 5.92 Å². The predicted molar refractivity (Wildman–Crippen MR) is 83.8 cm³/mol. The number of methoxy groups -OCH3 is 2. The van der Waals surface area contributed by atoms with Gasteiger partial charge in [-0.2, -0.15) is 0 Å². The molecule has 0 saturated carbocycles. The number of likely N-dealkylation sites (N-methyl/N-ethyl adjacent to an activating group) is 1. The van der Waals surface area contributed by atoms with Crippen molar-refractivity contribution in [1.82, 2.24) is 20.2 Å². The number of nitrogens with one attached hydrogen (secondary N) is 1. The molecular formula is C15H28N4O2. The molecule has 1 atom stereocenters. The van der Waals surface area contributed by atoms with Crippen LogP contribution >= 0.6 is 0 Å². The van der Waals surface area contributed by atoms with Crippen LogP contribution < -0.4 is 14.8 Å². The highest BCUT2D eigenvalue weighted by Crippen LogP contribution is 2.22. The van der Waals surface area contributed by atoms with Gasteiger partial charge in [0.05, 0.1) is 19.8 Å². The van der Waals surface area contributed by atoms with E-state index >= 15 is 0 Å². The van der Waals surface area contributed by atoms with Crippen LogP contribution in [0.25, 0.3) is 0 Å². The van der Waals surface area contributed by atoms with Crippen molar-refractivity contribution in [3.63, 3.8) is 0 Å². The molecule has 1 unspecified atom stereocenters. The van der Waals surface area contributed by atoms with Crippen molar-refractivity contribution in [3.05, 3.63) is 11.9 Å². The zero-order valence-corrected chi connectivity index (χ0v) is 14.0. The van der Waals surface area contributed by atoms with E-state index in [2.05, 4.69) is 48.1 Å². The molecule has 0 fully saturated rings. The van der Waals surface area contributed by atoms with Gasteiger partial charge in [0.2, 0.25) is 11.8 Å². The molecule has 0 spiro atoms. The molecule has 0 aromatic carbocycles. The number of nitrogens with zero attached hydrogens (tertiary/aromatic N) is 3. The molecule has 1 heterocycles. The summed E-state index contributed by atoms with van der Waals surface area (Å²) in [6.45, 7) is 6.00. The molecule has 1 aromatic heterocycles. The van der Waals surface area contributed by atoms with Crippen molar-refractivity contribution in [2.45, 2.75) is 32.9 Å². The SMILES string of the molecule is COc1ncnc(OC)c1CNCC(CC(C)C)N(C)C. The fraction of sp³-hybridized carbons (Fsp3) is 0.733. The number of hydrogen-bond acceptors (Lipinski definition) is 6. The van der Waals surface area contributed by atoms with Crippen LogP contribution in [-0.4, -0.2) is 55.8 Å². The molecule has 1 rings (SSSR count). The first-order chi connectivity index (χ1) is 9.99. The molecule has 0 amide bonds. The van der Waals surface area contributed by atoms with Crippen molar-refractivity contribution >= 4 is 0 Å². The molecule has 0 aliphatic carbocycles. The first-order valence-corrected chi connectivity index (χ1v) is 7.28. The summed E-state index contributed by atoms with van der Waals surface area (Å²) in [5.74, 6) is 1.78. The first kappa shape index (κ1) is 17.7. The molecule has 21 heavy (non-hydrogen) atoms. The van der Waals surface area contributed by atoms with Gasteiger partial charge >= 0.3 is 0 Å². The molecule has 0 bridgehead atoms. The van der Waals surface area contributed by atoms with Crippen molar-refractivity contribution in [1.29, 1.82) is 0 Å². The maximum absolute atomic E-state index is 5.28. The van der Waals surface area contributed by atoms with Gasteiger partial charge < -0.3 is 19.7 Å². The van der Waals surface area contributed by atoms with Gasteiger partial charge in [0.15, 0.2) is 0 Å². The second-order valence-corrected chi connectivity index (χ2v) is 5.75. The Balaban J connectivity index is 2.66. The minimum absolute atomic E-state index is 0.492. The Hall–Kier alpha value is -1.40. The van der Waals surface area contributed by atoms with Crippen molar-refractivity contribution in [2.24, 2.45) is 5.92 Å². The van der Waals surface area contributed by atoms with E-state index in [9.17, 15) is 0 Å². The van der Waals surface area contributed by atoms with Crippen LogP contribution in [0.4, 0.5) is 0 Å². The summed E-state index contributed by atoms with van der Waals surface area (Å²) in [7, 11) is 7.43. The van der Waals surface area contributed by atoms with Gasteiger partial charge in [-0.15, -0.1) is 0 Å². The summed E-state index contributed by atoms with van der Waals surface area (Å²) >= 11 is 0. The van der Waals surface area contributed by atoms with E-state index in [-0.39, 0.29) is 0 Å². The van der Waals surface area contributed by atoms with Gasteiger partial charge in [0.1, 0.15) is 6.33 Å². The van der Waals surface area contributed by atoms with Gasteiger partial charge in [-0.25, -0.2) is 9.97 Å². The van der Waals surface area contributed by atoms with E-state index in [1.165, 1.54) is 6.33 Å². The topological polar surface area (TPSA) is 59.5 Å². The fourth-order valence-electron chi connectivity index (χ4n) is 2.27. The average Bonchev–Trinajstić information content (AvgIpc) is 2.45. The van der Waals surface area contributed by atoms with Gasteiger partial charge in [-0.1, -0.05) is 13.8 Å². The summed E-state index contributed by atoms with van der Waals surface area (Å²) in [4.78, 5) is 10.5. The van der Waals surface area contributed by atoms with E-state index in [0.29, 0.717) is 30.3 Å². The molecule has 120 valence electrons. The van der Waals surface area contributed by atoms with E-state index in [4.69, 9.17) is 9.47 Å². The van der Waals surface area contributed by atoms with Gasteiger partial charge in [0, 0.05) is 19.1 Å². The number of ether oxygens (including phenoxy) is 2. The standard InChI is InChI=1S/C15H28N4O2/c1-11(2)7-12(19(3)4)8-16-9-13-14(20-5)17-10-18-15(13)21-6/h10-12,16H,7-9H2,1-6H3. The lowest BCUT2D eigenvalue weighted by Crippen LogP contribution is -2.38. The molecule has 0 saturated heterocycles. The molecule has 1 N–H and O–H groups in total. The zero-order valence-electron chi connectivity index (χ0n) is 14.0. The lowest BCUT2D eigenvalue weighted by molar-refractivity contribution is 0.246. The Morgan fingerprint density at radius 3 is 2.14 bits per heavy atom. The Labute approximate surface area is 127 Å². The smallest absolute Gasteiger partial charge is 0.224 e. The summed E-state index contributed by atoms with van der Waals surface area (Å²) in [5, 5.41) is 3.46. The van der Waals surface area contributed by atoms with Crippen molar-refractivity contribution < 1.29 is 9.47 Å². The van der Waals surface area contributed by atoms with Gasteiger partial charge in [-0.3, -0.25) is 0 Å². The summed E-state index contributed by atoms with van der Waals surface area (Å²) in [5.41, 5.74) is 0.851. The number of rotatable bonds is 9. The molecule has 0 aliphatic heterocycles. The Bertz CT molecular complexity index is 402. The Kier molecular flexibility index (Phi) is 7.39. The summed E-state index contributed by atoms with van der Waals surface area (Å²) in [6, 6.07) is 0.492.